The number of hydrogen-bond acceptors (Lipinski definition) is 4. The first-order valence-corrected chi connectivity index (χ1v) is 8.68. The normalized spacial score (nSPS) is 13.6. The molecule has 0 aliphatic rings. The van der Waals surface area contributed by atoms with Gasteiger partial charge in [0.15, 0.2) is 0 Å². The number of rotatable bonds is 5. The lowest BCUT2D eigenvalue weighted by molar-refractivity contribution is 0.419. The summed E-state index contributed by atoms with van der Waals surface area (Å²) in [4.78, 5) is 4.49. The van der Waals surface area contributed by atoms with Crippen molar-refractivity contribution in [2.24, 2.45) is 0 Å². The fourth-order valence-electron chi connectivity index (χ4n) is 2.10. The lowest BCUT2D eigenvalue weighted by atomic mass is 10.3. The van der Waals surface area contributed by atoms with Gasteiger partial charge >= 0.3 is 0 Å². The van der Waals surface area contributed by atoms with Crippen LogP contribution in [0.3, 0.4) is 0 Å². The molecule has 1 aromatic heterocycles. The van der Waals surface area contributed by atoms with Gasteiger partial charge in [-0.3, -0.25) is 0 Å². The molecular formula is C13H17ClN2O3S. The molecule has 0 amide bonds. The van der Waals surface area contributed by atoms with Crippen molar-refractivity contribution in [2.45, 2.75) is 18.8 Å². The summed E-state index contributed by atoms with van der Waals surface area (Å²) in [6.07, 6.45) is 1.22. The topological polar surface area (TPSA) is 61.2 Å². The fourth-order valence-corrected chi connectivity index (χ4v) is 2.78. The van der Waals surface area contributed by atoms with Crippen LogP contribution in [0.25, 0.3) is 11.0 Å². The number of alkyl halides is 1. The van der Waals surface area contributed by atoms with Crippen molar-refractivity contribution in [1.82, 2.24) is 9.55 Å². The minimum Gasteiger partial charge on any atom is -0.494 e. The number of aromatic nitrogens is 2. The van der Waals surface area contributed by atoms with Crippen molar-refractivity contribution >= 4 is 32.5 Å². The molecule has 7 heteroatoms. The number of nitrogens with zero attached hydrogens (tertiary/aromatic N) is 2. The number of fused-ring (bicyclic) bond motifs is 1. The summed E-state index contributed by atoms with van der Waals surface area (Å²) in [6.45, 7) is 2.14. The average Bonchev–Trinajstić information content (AvgIpc) is 2.74. The van der Waals surface area contributed by atoms with Crippen LogP contribution >= 0.6 is 11.6 Å². The monoisotopic (exact) mass is 316 g/mol. The van der Waals surface area contributed by atoms with Crippen molar-refractivity contribution in [3.8, 4) is 5.75 Å². The summed E-state index contributed by atoms with van der Waals surface area (Å²) in [6, 6.07) is 5.55. The highest BCUT2D eigenvalue weighted by atomic mass is 35.5. The maximum absolute atomic E-state index is 11.4. The fraction of sp³-hybridized carbons (Fsp3) is 0.462. The van der Waals surface area contributed by atoms with Crippen LogP contribution in [0.5, 0.6) is 5.75 Å². The molecule has 5 nitrogen and oxygen atoms in total. The molecule has 110 valence electrons. The number of para-hydroxylation sites is 1. The van der Waals surface area contributed by atoms with Crippen LogP contribution in [-0.2, 0) is 16.4 Å². The predicted octanol–water partition coefficient (Wildman–Crippen LogP) is 2.39. The molecule has 0 saturated heterocycles. The van der Waals surface area contributed by atoms with Crippen LogP contribution in [0.4, 0.5) is 0 Å². The van der Waals surface area contributed by atoms with Gasteiger partial charge in [-0.15, -0.1) is 11.6 Å². The van der Waals surface area contributed by atoms with E-state index in [0.29, 0.717) is 23.6 Å². The van der Waals surface area contributed by atoms with Crippen molar-refractivity contribution < 1.29 is 13.2 Å². The van der Waals surface area contributed by atoms with Gasteiger partial charge < -0.3 is 9.30 Å². The Labute approximate surface area is 123 Å². The minimum absolute atomic E-state index is 0.0479. The van der Waals surface area contributed by atoms with E-state index in [4.69, 9.17) is 16.3 Å². The third-order valence-corrected chi connectivity index (χ3v) is 4.15. The molecule has 1 aromatic carbocycles. The van der Waals surface area contributed by atoms with Crippen molar-refractivity contribution in [3.63, 3.8) is 0 Å². The average molecular weight is 317 g/mol. The zero-order valence-electron chi connectivity index (χ0n) is 11.6. The summed E-state index contributed by atoms with van der Waals surface area (Å²) in [5, 5.41) is -0.313. The van der Waals surface area contributed by atoms with E-state index in [1.54, 1.807) is 7.11 Å². The van der Waals surface area contributed by atoms with Crippen molar-refractivity contribution in [2.75, 3.05) is 19.1 Å². The molecule has 0 radical (unpaired) electrons. The largest absolute Gasteiger partial charge is 0.494 e. The molecule has 0 aliphatic heterocycles. The minimum atomic E-state index is -3.05. The molecule has 1 atom stereocenters. The summed E-state index contributed by atoms with van der Waals surface area (Å²) in [7, 11) is -1.47. The van der Waals surface area contributed by atoms with Crippen molar-refractivity contribution in [3.05, 3.63) is 24.0 Å². The van der Waals surface area contributed by atoms with E-state index in [-0.39, 0.29) is 11.1 Å². The van der Waals surface area contributed by atoms with Crippen LogP contribution in [0.1, 0.15) is 18.1 Å². The number of imidazole rings is 1. The molecule has 2 aromatic rings. The van der Waals surface area contributed by atoms with Gasteiger partial charge in [-0.05, 0) is 19.1 Å². The molecule has 1 unspecified atom stereocenters. The van der Waals surface area contributed by atoms with E-state index >= 15 is 0 Å². The van der Waals surface area contributed by atoms with E-state index in [9.17, 15) is 8.42 Å². The molecule has 0 aliphatic carbocycles. The summed E-state index contributed by atoms with van der Waals surface area (Å²) < 4.78 is 29.9. The Kier molecular flexibility index (Phi) is 4.25. The van der Waals surface area contributed by atoms with E-state index in [0.717, 1.165) is 5.52 Å². The number of sulfone groups is 1. The predicted molar refractivity (Wildman–Crippen MR) is 80.3 cm³/mol. The van der Waals surface area contributed by atoms with Crippen LogP contribution in [0.2, 0.25) is 0 Å². The maximum Gasteiger partial charge on any atom is 0.149 e. The van der Waals surface area contributed by atoms with Gasteiger partial charge in [-0.1, -0.05) is 6.07 Å². The third-order valence-electron chi connectivity index (χ3n) is 3.03. The van der Waals surface area contributed by atoms with Gasteiger partial charge in [0.05, 0.1) is 23.8 Å². The molecular weight excluding hydrogens is 300 g/mol. The molecule has 0 saturated carbocycles. The zero-order chi connectivity index (χ0) is 14.9. The first-order chi connectivity index (χ1) is 9.33. The van der Waals surface area contributed by atoms with E-state index in [1.165, 1.54) is 6.26 Å². The number of benzene rings is 1. The molecule has 0 N–H and O–H groups in total. The lowest BCUT2D eigenvalue weighted by Gasteiger charge is -2.09. The number of ether oxygens (including phenoxy) is 1. The quantitative estimate of drug-likeness (QED) is 0.795. The Morgan fingerprint density at radius 1 is 1.45 bits per heavy atom. The molecule has 0 fully saturated rings. The van der Waals surface area contributed by atoms with Crippen molar-refractivity contribution in [1.29, 1.82) is 0 Å². The molecule has 0 spiro atoms. The Morgan fingerprint density at radius 3 is 2.70 bits per heavy atom. The van der Waals surface area contributed by atoms with Gasteiger partial charge in [0.25, 0.3) is 0 Å². The lowest BCUT2D eigenvalue weighted by Crippen LogP contribution is -2.13. The SMILES string of the molecule is COc1cccc2c1nc(C(C)Cl)n2CCS(C)(=O)=O. The first-order valence-electron chi connectivity index (χ1n) is 6.18. The zero-order valence-corrected chi connectivity index (χ0v) is 13.2. The number of aryl methyl sites for hydroxylation is 1. The Balaban J connectivity index is 2.57. The standard InChI is InChI=1S/C13H17ClN2O3S/c1-9(14)13-15-12-10(5-4-6-11(12)19-2)16(13)7-8-20(3,17)18/h4-6,9H,7-8H2,1-3H3. The van der Waals surface area contributed by atoms with Gasteiger partial charge in [-0.25, -0.2) is 13.4 Å². The Bertz CT molecular complexity index is 723. The van der Waals surface area contributed by atoms with Gasteiger partial charge in [0.2, 0.25) is 0 Å². The molecule has 1 heterocycles. The van der Waals surface area contributed by atoms with E-state index in [1.807, 2.05) is 29.7 Å². The molecule has 0 bridgehead atoms. The molecule has 20 heavy (non-hydrogen) atoms. The summed E-state index contributed by atoms with van der Waals surface area (Å²) in [5.41, 5.74) is 1.53. The highest BCUT2D eigenvalue weighted by Crippen LogP contribution is 2.29. The second-order valence-electron chi connectivity index (χ2n) is 4.70. The highest BCUT2D eigenvalue weighted by molar-refractivity contribution is 7.90. The van der Waals surface area contributed by atoms with Crippen LogP contribution in [-0.4, -0.2) is 37.1 Å². The van der Waals surface area contributed by atoms with Crippen LogP contribution in [0.15, 0.2) is 18.2 Å². The van der Waals surface area contributed by atoms with Gasteiger partial charge in [-0.2, -0.15) is 0 Å². The van der Waals surface area contributed by atoms with Crippen LogP contribution in [0, 0.1) is 0 Å². The second kappa shape index (κ2) is 5.61. The molecule has 2 rings (SSSR count). The maximum atomic E-state index is 11.4. The summed E-state index contributed by atoms with van der Waals surface area (Å²) >= 11 is 6.15. The Morgan fingerprint density at radius 2 is 2.15 bits per heavy atom. The Hall–Kier alpha value is -1.27. The number of halogens is 1. The number of hydrogen-bond donors (Lipinski definition) is 0. The van der Waals surface area contributed by atoms with Gasteiger partial charge in [0.1, 0.15) is 26.9 Å². The van der Waals surface area contributed by atoms with Crippen LogP contribution < -0.4 is 4.74 Å². The summed E-state index contributed by atoms with van der Waals surface area (Å²) in [5.74, 6) is 1.35. The second-order valence-corrected chi connectivity index (χ2v) is 7.61. The third kappa shape index (κ3) is 3.07. The highest BCUT2D eigenvalue weighted by Gasteiger charge is 2.18. The first kappa shape index (κ1) is 15.1. The van der Waals surface area contributed by atoms with Gasteiger partial charge in [0, 0.05) is 12.8 Å². The number of methoxy groups -OCH3 is 1. The van der Waals surface area contributed by atoms with E-state index < -0.39 is 9.84 Å². The smallest absolute Gasteiger partial charge is 0.149 e. The van der Waals surface area contributed by atoms with E-state index in [2.05, 4.69) is 4.98 Å².